The average Bonchev–Trinajstić information content (AvgIpc) is 2.34. The third-order valence-corrected chi connectivity index (χ3v) is 3.29. The van der Waals surface area contributed by atoms with Crippen molar-refractivity contribution in [2.75, 3.05) is 11.1 Å². The number of rotatable bonds is 3. The van der Waals surface area contributed by atoms with Crippen molar-refractivity contribution in [1.82, 2.24) is 0 Å². The Morgan fingerprint density at radius 2 is 1.58 bits per heavy atom. The maximum atomic E-state index is 6.18. The van der Waals surface area contributed by atoms with Crippen LogP contribution in [0.1, 0.15) is 36.5 Å². The molecule has 0 aliphatic heterocycles. The first kappa shape index (κ1) is 13.5. The van der Waals surface area contributed by atoms with Gasteiger partial charge >= 0.3 is 0 Å². The van der Waals surface area contributed by atoms with E-state index >= 15 is 0 Å². The smallest absolute Gasteiger partial charge is 0.0653 e. The fourth-order valence-corrected chi connectivity index (χ4v) is 2.22. The van der Waals surface area contributed by atoms with Crippen molar-refractivity contribution in [3.05, 3.63) is 53.1 Å². The Labute approximate surface area is 115 Å². The molecule has 0 spiro atoms. The zero-order valence-corrected chi connectivity index (χ0v) is 12.1. The van der Waals surface area contributed by atoms with Crippen molar-refractivity contribution in [3.8, 4) is 0 Å². The molecule has 0 aromatic heterocycles. The van der Waals surface area contributed by atoms with Gasteiger partial charge in [0.1, 0.15) is 0 Å². The molecule has 0 aliphatic carbocycles. The molecule has 3 N–H and O–H groups in total. The molecule has 2 aromatic carbocycles. The van der Waals surface area contributed by atoms with Gasteiger partial charge in [-0.3, -0.25) is 0 Å². The summed E-state index contributed by atoms with van der Waals surface area (Å²) in [5.41, 5.74) is 12.8. The van der Waals surface area contributed by atoms with Gasteiger partial charge in [-0.15, -0.1) is 0 Å². The molecule has 0 bridgehead atoms. The van der Waals surface area contributed by atoms with E-state index in [0.717, 1.165) is 17.1 Å². The average molecular weight is 254 g/mol. The van der Waals surface area contributed by atoms with Gasteiger partial charge in [-0.1, -0.05) is 37.6 Å². The zero-order chi connectivity index (χ0) is 14.0. The summed E-state index contributed by atoms with van der Waals surface area (Å²) in [6.07, 6.45) is 0. The van der Waals surface area contributed by atoms with E-state index in [1.165, 1.54) is 16.7 Å². The summed E-state index contributed by atoms with van der Waals surface area (Å²) in [7, 11) is 0. The van der Waals surface area contributed by atoms with Gasteiger partial charge in [-0.25, -0.2) is 0 Å². The van der Waals surface area contributed by atoms with Gasteiger partial charge in [-0.2, -0.15) is 0 Å². The number of benzene rings is 2. The van der Waals surface area contributed by atoms with Crippen LogP contribution in [0.25, 0.3) is 0 Å². The molecule has 0 radical (unpaired) electrons. The lowest BCUT2D eigenvalue weighted by molar-refractivity contribution is 0.868. The SMILES string of the molecule is Cc1ccc(Nc2c(N)cc(C)cc2C(C)C)cc1. The summed E-state index contributed by atoms with van der Waals surface area (Å²) in [5, 5.41) is 3.45. The number of hydrogen-bond acceptors (Lipinski definition) is 2. The predicted octanol–water partition coefficient (Wildman–Crippen LogP) is 4.75. The third kappa shape index (κ3) is 3.08. The maximum Gasteiger partial charge on any atom is 0.0653 e. The van der Waals surface area contributed by atoms with E-state index in [4.69, 9.17) is 5.73 Å². The van der Waals surface area contributed by atoms with Crippen molar-refractivity contribution >= 4 is 17.1 Å². The summed E-state index contributed by atoms with van der Waals surface area (Å²) in [5.74, 6) is 0.440. The third-order valence-electron chi connectivity index (χ3n) is 3.29. The second kappa shape index (κ2) is 5.35. The Hall–Kier alpha value is -1.96. The van der Waals surface area contributed by atoms with Gasteiger partial charge in [-0.05, 0) is 49.1 Å². The highest BCUT2D eigenvalue weighted by Crippen LogP contribution is 2.33. The standard InChI is InChI=1S/C17H22N2/c1-11(2)15-9-13(4)10-16(18)17(15)19-14-7-5-12(3)6-8-14/h5-11,19H,18H2,1-4H3. The van der Waals surface area contributed by atoms with Gasteiger partial charge in [0.15, 0.2) is 0 Å². The minimum atomic E-state index is 0.440. The maximum absolute atomic E-state index is 6.18. The van der Waals surface area contributed by atoms with E-state index < -0.39 is 0 Å². The quantitative estimate of drug-likeness (QED) is 0.775. The van der Waals surface area contributed by atoms with Crippen LogP contribution in [0, 0.1) is 13.8 Å². The summed E-state index contributed by atoms with van der Waals surface area (Å²) in [6, 6.07) is 12.6. The lowest BCUT2D eigenvalue weighted by Gasteiger charge is -2.18. The molecule has 2 aromatic rings. The molecular formula is C17H22N2. The Morgan fingerprint density at radius 1 is 0.947 bits per heavy atom. The molecule has 0 aliphatic rings. The van der Waals surface area contributed by atoms with Crippen molar-refractivity contribution in [2.45, 2.75) is 33.6 Å². The first-order chi connectivity index (χ1) is 8.97. The molecule has 2 heteroatoms. The fraction of sp³-hybridized carbons (Fsp3) is 0.294. The van der Waals surface area contributed by atoms with Crippen molar-refractivity contribution in [3.63, 3.8) is 0 Å². The minimum Gasteiger partial charge on any atom is -0.397 e. The van der Waals surface area contributed by atoms with Crippen molar-refractivity contribution in [1.29, 1.82) is 0 Å². The Morgan fingerprint density at radius 3 is 2.16 bits per heavy atom. The molecule has 0 saturated heterocycles. The van der Waals surface area contributed by atoms with Gasteiger partial charge in [0, 0.05) is 5.69 Å². The van der Waals surface area contributed by atoms with Crippen LogP contribution in [-0.4, -0.2) is 0 Å². The minimum absolute atomic E-state index is 0.440. The Kier molecular flexibility index (Phi) is 3.79. The number of nitrogen functional groups attached to an aromatic ring is 1. The van der Waals surface area contributed by atoms with Crippen LogP contribution in [0.5, 0.6) is 0 Å². The Balaban J connectivity index is 2.41. The zero-order valence-electron chi connectivity index (χ0n) is 12.1. The van der Waals surface area contributed by atoms with Gasteiger partial charge in [0.05, 0.1) is 11.4 Å². The molecule has 0 saturated carbocycles. The molecule has 100 valence electrons. The second-order valence-corrected chi connectivity index (χ2v) is 5.46. The number of hydrogen-bond donors (Lipinski definition) is 2. The van der Waals surface area contributed by atoms with Crippen LogP contribution >= 0.6 is 0 Å². The van der Waals surface area contributed by atoms with Crippen LogP contribution in [0.15, 0.2) is 36.4 Å². The lowest BCUT2D eigenvalue weighted by atomic mass is 9.97. The van der Waals surface area contributed by atoms with Crippen LogP contribution in [-0.2, 0) is 0 Å². The fourth-order valence-electron chi connectivity index (χ4n) is 2.22. The van der Waals surface area contributed by atoms with Crippen LogP contribution in [0.2, 0.25) is 0 Å². The molecule has 2 nitrogen and oxygen atoms in total. The summed E-state index contributed by atoms with van der Waals surface area (Å²) >= 11 is 0. The highest BCUT2D eigenvalue weighted by Gasteiger charge is 2.11. The van der Waals surface area contributed by atoms with E-state index in [1.54, 1.807) is 0 Å². The van der Waals surface area contributed by atoms with Gasteiger partial charge in [0.2, 0.25) is 0 Å². The van der Waals surface area contributed by atoms with E-state index in [2.05, 4.69) is 63.3 Å². The van der Waals surface area contributed by atoms with E-state index in [1.807, 2.05) is 6.07 Å². The van der Waals surface area contributed by atoms with Crippen molar-refractivity contribution in [2.24, 2.45) is 0 Å². The molecule has 2 rings (SSSR count). The largest absolute Gasteiger partial charge is 0.397 e. The monoisotopic (exact) mass is 254 g/mol. The lowest BCUT2D eigenvalue weighted by Crippen LogP contribution is -2.03. The van der Waals surface area contributed by atoms with Crippen molar-refractivity contribution < 1.29 is 0 Å². The Bertz CT molecular complexity index is 569. The number of anilines is 3. The van der Waals surface area contributed by atoms with E-state index in [0.29, 0.717) is 5.92 Å². The molecule has 0 amide bonds. The topological polar surface area (TPSA) is 38.0 Å². The molecular weight excluding hydrogens is 232 g/mol. The second-order valence-electron chi connectivity index (χ2n) is 5.46. The molecule has 0 fully saturated rings. The summed E-state index contributed by atoms with van der Waals surface area (Å²) in [4.78, 5) is 0. The number of nitrogens with one attached hydrogen (secondary N) is 1. The highest BCUT2D eigenvalue weighted by molar-refractivity contribution is 5.77. The van der Waals surface area contributed by atoms with Crippen LogP contribution in [0.3, 0.4) is 0 Å². The summed E-state index contributed by atoms with van der Waals surface area (Å²) in [6.45, 7) is 8.55. The van der Waals surface area contributed by atoms with E-state index in [-0.39, 0.29) is 0 Å². The van der Waals surface area contributed by atoms with Crippen LogP contribution < -0.4 is 11.1 Å². The summed E-state index contributed by atoms with van der Waals surface area (Å²) < 4.78 is 0. The van der Waals surface area contributed by atoms with Gasteiger partial charge in [0.25, 0.3) is 0 Å². The molecule has 19 heavy (non-hydrogen) atoms. The number of aryl methyl sites for hydroxylation is 2. The molecule has 0 atom stereocenters. The predicted molar refractivity (Wildman–Crippen MR) is 84.1 cm³/mol. The highest BCUT2D eigenvalue weighted by atomic mass is 14.9. The first-order valence-corrected chi connectivity index (χ1v) is 6.71. The van der Waals surface area contributed by atoms with Gasteiger partial charge < -0.3 is 11.1 Å². The molecule has 0 unspecified atom stereocenters. The van der Waals surface area contributed by atoms with Crippen LogP contribution in [0.4, 0.5) is 17.1 Å². The first-order valence-electron chi connectivity index (χ1n) is 6.71. The molecule has 0 heterocycles. The number of nitrogens with two attached hydrogens (primary N) is 1. The normalized spacial score (nSPS) is 10.8. The van der Waals surface area contributed by atoms with E-state index in [9.17, 15) is 0 Å².